The van der Waals surface area contributed by atoms with Crippen molar-refractivity contribution in [2.45, 2.75) is 20.0 Å². The molecule has 0 aliphatic carbocycles. The Morgan fingerprint density at radius 3 is 2.56 bits per heavy atom. The SMILES string of the molecule is COc1cc(C#N)ccc1OC(C)C(=O)Nc1cccc(C(C)=O)c1. The number of nitrogens with zero attached hydrogens (tertiary/aromatic N) is 1. The summed E-state index contributed by atoms with van der Waals surface area (Å²) in [4.78, 5) is 23.7. The second kappa shape index (κ2) is 7.97. The summed E-state index contributed by atoms with van der Waals surface area (Å²) in [7, 11) is 1.46. The molecule has 6 nitrogen and oxygen atoms in total. The zero-order valence-corrected chi connectivity index (χ0v) is 14.2. The Bertz CT molecular complexity index is 840. The van der Waals surface area contributed by atoms with E-state index in [1.807, 2.05) is 6.07 Å². The summed E-state index contributed by atoms with van der Waals surface area (Å²) < 4.78 is 10.8. The quantitative estimate of drug-likeness (QED) is 0.817. The van der Waals surface area contributed by atoms with Crippen LogP contribution in [-0.2, 0) is 4.79 Å². The Hall–Kier alpha value is -3.33. The van der Waals surface area contributed by atoms with Crippen molar-refractivity contribution in [2.24, 2.45) is 0 Å². The van der Waals surface area contributed by atoms with Crippen molar-refractivity contribution in [2.75, 3.05) is 12.4 Å². The van der Waals surface area contributed by atoms with Gasteiger partial charge in [0.1, 0.15) is 0 Å². The lowest BCUT2D eigenvalue weighted by molar-refractivity contribution is -0.122. The normalized spacial score (nSPS) is 11.1. The maximum Gasteiger partial charge on any atom is 0.265 e. The molecule has 0 aliphatic rings. The van der Waals surface area contributed by atoms with Gasteiger partial charge in [-0.1, -0.05) is 12.1 Å². The molecule has 2 aromatic carbocycles. The van der Waals surface area contributed by atoms with Gasteiger partial charge in [0, 0.05) is 17.3 Å². The fraction of sp³-hybridized carbons (Fsp3) is 0.211. The van der Waals surface area contributed by atoms with E-state index in [1.165, 1.54) is 20.1 Å². The second-order valence-electron chi connectivity index (χ2n) is 5.36. The Morgan fingerprint density at radius 2 is 1.92 bits per heavy atom. The molecule has 6 heteroatoms. The molecule has 25 heavy (non-hydrogen) atoms. The number of rotatable bonds is 6. The van der Waals surface area contributed by atoms with Crippen LogP contribution in [-0.4, -0.2) is 24.9 Å². The van der Waals surface area contributed by atoms with E-state index in [-0.39, 0.29) is 11.7 Å². The van der Waals surface area contributed by atoms with Crippen LogP contribution in [0.2, 0.25) is 0 Å². The van der Waals surface area contributed by atoms with E-state index in [0.29, 0.717) is 28.3 Å². The van der Waals surface area contributed by atoms with Crippen molar-refractivity contribution < 1.29 is 19.1 Å². The summed E-state index contributed by atoms with van der Waals surface area (Å²) in [5.74, 6) is 0.286. The molecular weight excluding hydrogens is 320 g/mol. The third-order valence-corrected chi connectivity index (χ3v) is 3.50. The summed E-state index contributed by atoms with van der Waals surface area (Å²) in [5.41, 5.74) is 1.46. The minimum absolute atomic E-state index is 0.0808. The number of hydrogen-bond donors (Lipinski definition) is 1. The first-order valence-electron chi connectivity index (χ1n) is 7.61. The predicted octanol–water partition coefficient (Wildman–Crippen LogP) is 3.18. The highest BCUT2D eigenvalue weighted by Gasteiger charge is 2.17. The van der Waals surface area contributed by atoms with E-state index in [1.54, 1.807) is 43.3 Å². The highest BCUT2D eigenvalue weighted by Crippen LogP contribution is 2.29. The third kappa shape index (κ3) is 4.58. The van der Waals surface area contributed by atoms with Gasteiger partial charge < -0.3 is 14.8 Å². The number of Topliss-reactive ketones (excluding diaryl/α,β-unsaturated/α-hetero) is 1. The number of carbonyl (C=O) groups excluding carboxylic acids is 2. The minimum atomic E-state index is -0.803. The van der Waals surface area contributed by atoms with Crippen molar-refractivity contribution in [1.29, 1.82) is 5.26 Å². The van der Waals surface area contributed by atoms with Gasteiger partial charge in [-0.2, -0.15) is 5.26 Å². The van der Waals surface area contributed by atoms with Gasteiger partial charge >= 0.3 is 0 Å². The molecule has 1 atom stereocenters. The zero-order valence-electron chi connectivity index (χ0n) is 14.2. The van der Waals surface area contributed by atoms with E-state index in [0.717, 1.165) is 0 Å². The summed E-state index contributed by atoms with van der Waals surface area (Å²) in [5, 5.41) is 11.6. The zero-order chi connectivity index (χ0) is 18.4. The van der Waals surface area contributed by atoms with Gasteiger partial charge in [-0.3, -0.25) is 9.59 Å². The van der Waals surface area contributed by atoms with Gasteiger partial charge in [0.25, 0.3) is 5.91 Å². The molecule has 0 radical (unpaired) electrons. The number of methoxy groups -OCH3 is 1. The van der Waals surface area contributed by atoms with Crippen LogP contribution in [0.3, 0.4) is 0 Å². The Labute approximate surface area is 146 Å². The highest BCUT2D eigenvalue weighted by atomic mass is 16.5. The van der Waals surface area contributed by atoms with Crippen LogP contribution in [0.5, 0.6) is 11.5 Å². The number of hydrogen-bond acceptors (Lipinski definition) is 5. The molecular formula is C19H18N2O4. The number of amides is 1. The Morgan fingerprint density at radius 1 is 1.16 bits per heavy atom. The van der Waals surface area contributed by atoms with Crippen molar-refractivity contribution in [3.63, 3.8) is 0 Å². The fourth-order valence-corrected chi connectivity index (χ4v) is 2.14. The van der Waals surface area contributed by atoms with Gasteiger partial charge in [-0.15, -0.1) is 0 Å². The van der Waals surface area contributed by atoms with E-state index in [2.05, 4.69) is 5.32 Å². The Kier molecular flexibility index (Phi) is 5.75. The number of carbonyl (C=O) groups is 2. The second-order valence-corrected chi connectivity index (χ2v) is 5.36. The minimum Gasteiger partial charge on any atom is -0.493 e. The summed E-state index contributed by atoms with van der Waals surface area (Å²) in [6.45, 7) is 3.06. The number of ether oxygens (including phenoxy) is 2. The van der Waals surface area contributed by atoms with Crippen LogP contribution >= 0.6 is 0 Å². The molecule has 1 amide bonds. The van der Waals surface area contributed by atoms with Crippen LogP contribution in [0.15, 0.2) is 42.5 Å². The molecule has 1 N–H and O–H groups in total. The standard InChI is InChI=1S/C19H18N2O4/c1-12(22)15-5-4-6-16(10-15)21-19(23)13(2)25-17-8-7-14(11-20)9-18(17)24-3/h4-10,13H,1-3H3,(H,21,23). The Balaban J connectivity index is 2.09. The summed E-state index contributed by atoms with van der Waals surface area (Å²) in [6.07, 6.45) is -0.803. The molecule has 0 heterocycles. The van der Waals surface area contributed by atoms with Gasteiger partial charge in [-0.05, 0) is 38.1 Å². The van der Waals surface area contributed by atoms with Crippen LogP contribution in [0.4, 0.5) is 5.69 Å². The molecule has 0 aromatic heterocycles. The van der Waals surface area contributed by atoms with Gasteiger partial charge in [0.05, 0.1) is 18.7 Å². The molecule has 2 aromatic rings. The monoisotopic (exact) mass is 338 g/mol. The van der Waals surface area contributed by atoms with Crippen molar-refractivity contribution in [3.8, 4) is 17.6 Å². The first-order chi connectivity index (χ1) is 11.9. The lowest BCUT2D eigenvalue weighted by atomic mass is 10.1. The first-order valence-corrected chi connectivity index (χ1v) is 7.61. The van der Waals surface area contributed by atoms with Gasteiger partial charge in [0.2, 0.25) is 0 Å². The van der Waals surface area contributed by atoms with Gasteiger partial charge in [0.15, 0.2) is 23.4 Å². The fourth-order valence-electron chi connectivity index (χ4n) is 2.14. The summed E-state index contributed by atoms with van der Waals surface area (Å²) >= 11 is 0. The molecule has 1 unspecified atom stereocenters. The molecule has 2 rings (SSSR count). The average molecular weight is 338 g/mol. The number of anilines is 1. The molecule has 0 saturated carbocycles. The van der Waals surface area contributed by atoms with E-state index in [9.17, 15) is 9.59 Å². The molecule has 128 valence electrons. The largest absolute Gasteiger partial charge is 0.493 e. The predicted molar refractivity (Wildman–Crippen MR) is 92.9 cm³/mol. The molecule has 0 bridgehead atoms. The maximum atomic E-state index is 12.3. The van der Waals surface area contributed by atoms with E-state index >= 15 is 0 Å². The smallest absolute Gasteiger partial charge is 0.265 e. The van der Waals surface area contributed by atoms with E-state index < -0.39 is 6.10 Å². The van der Waals surface area contributed by atoms with E-state index in [4.69, 9.17) is 14.7 Å². The molecule has 0 fully saturated rings. The van der Waals surface area contributed by atoms with Crippen molar-refractivity contribution >= 4 is 17.4 Å². The maximum absolute atomic E-state index is 12.3. The van der Waals surface area contributed by atoms with Crippen LogP contribution in [0.1, 0.15) is 29.8 Å². The van der Waals surface area contributed by atoms with Gasteiger partial charge in [-0.25, -0.2) is 0 Å². The number of nitrogens with one attached hydrogen (secondary N) is 1. The van der Waals surface area contributed by atoms with Crippen LogP contribution in [0, 0.1) is 11.3 Å². The molecule has 0 aliphatic heterocycles. The van der Waals surface area contributed by atoms with Crippen LogP contribution < -0.4 is 14.8 Å². The lowest BCUT2D eigenvalue weighted by Crippen LogP contribution is -2.30. The first kappa shape index (κ1) is 18.0. The molecule has 0 saturated heterocycles. The highest BCUT2D eigenvalue weighted by molar-refractivity contribution is 5.98. The number of nitriles is 1. The number of benzene rings is 2. The lowest BCUT2D eigenvalue weighted by Gasteiger charge is -2.17. The van der Waals surface area contributed by atoms with Crippen molar-refractivity contribution in [3.05, 3.63) is 53.6 Å². The third-order valence-electron chi connectivity index (χ3n) is 3.50. The van der Waals surface area contributed by atoms with Crippen LogP contribution in [0.25, 0.3) is 0 Å². The molecule has 0 spiro atoms. The van der Waals surface area contributed by atoms with Crippen molar-refractivity contribution in [1.82, 2.24) is 0 Å². The topological polar surface area (TPSA) is 88.4 Å². The number of ketones is 1. The summed E-state index contributed by atoms with van der Waals surface area (Å²) in [6, 6.07) is 13.4. The average Bonchev–Trinajstić information content (AvgIpc) is 2.62.